The summed E-state index contributed by atoms with van der Waals surface area (Å²) in [5.74, 6) is 0.692. The first-order chi connectivity index (χ1) is 17.0. The van der Waals surface area contributed by atoms with Gasteiger partial charge in [0.1, 0.15) is 5.69 Å². The molecule has 0 spiro atoms. The molecule has 4 rings (SSSR count). The number of nitrogens with one attached hydrogen (secondary N) is 1. The molecule has 9 nitrogen and oxygen atoms in total. The summed E-state index contributed by atoms with van der Waals surface area (Å²) >= 11 is 0. The lowest BCUT2D eigenvalue weighted by Crippen LogP contribution is -2.41. The van der Waals surface area contributed by atoms with Gasteiger partial charge in [-0.05, 0) is 43.2 Å². The van der Waals surface area contributed by atoms with Crippen molar-refractivity contribution in [2.24, 2.45) is 0 Å². The second-order valence-electron chi connectivity index (χ2n) is 8.31. The number of anilines is 1. The molecule has 2 aromatic carbocycles. The average molecular weight is 479 g/mol. The highest BCUT2D eigenvalue weighted by Gasteiger charge is 2.34. The predicted octanol–water partition coefficient (Wildman–Crippen LogP) is 3.38. The van der Waals surface area contributed by atoms with E-state index in [2.05, 4.69) is 5.32 Å². The van der Waals surface area contributed by atoms with Crippen molar-refractivity contribution in [2.45, 2.75) is 25.9 Å². The second-order valence-corrected chi connectivity index (χ2v) is 8.31. The Morgan fingerprint density at radius 2 is 1.86 bits per heavy atom. The van der Waals surface area contributed by atoms with E-state index in [0.29, 0.717) is 60.1 Å². The minimum atomic E-state index is -0.324. The summed E-state index contributed by atoms with van der Waals surface area (Å²) in [6, 6.07) is 12.2. The summed E-state index contributed by atoms with van der Waals surface area (Å²) in [7, 11) is 4.71. The molecule has 9 heteroatoms. The summed E-state index contributed by atoms with van der Waals surface area (Å²) in [5, 5.41) is 7.82. The molecule has 0 fully saturated rings. The fourth-order valence-electron chi connectivity index (χ4n) is 4.24. The van der Waals surface area contributed by atoms with E-state index in [0.717, 1.165) is 5.56 Å². The summed E-state index contributed by atoms with van der Waals surface area (Å²) < 4.78 is 17.6. The van der Waals surface area contributed by atoms with Crippen LogP contribution in [0, 0.1) is 6.92 Å². The van der Waals surface area contributed by atoms with E-state index in [4.69, 9.17) is 19.3 Å². The number of nitrogens with zero attached hydrogens (tertiary/aromatic N) is 3. The molecule has 184 valence electrons. The van der Waals surface area contributed by atoms with Crippen LogP contribution in [0.4, 0.5) is 5.69 Å². The maximum Gasteiger partial charge on any atom is 0.258 e. The number of aryl methyl sites for hydroxylation is 1. The Labute approximate surface area is 204 Å². The van der Waals surface area contributed by atoms with Crippen molar-refractivity contribution in [3.8, 4) is 11.5 Å². The SMILES string of the molecule is COCCn1cc2c(n1)C(NC(=O)c1ccccc1C)CCN2C(=O)c1ccc(OC)c(OC)c1. The molecule has 2 heterocycles. The highest BCUT2D eigenvalue weighted by Crippen LogP contribution is 2.35. The number of amides is 2. The van der Waals surface area contributed by atoms with Gasteiger partial charge in [-0.3, -0.25) is 14.3 Å². The van der Waals surface area contributed by atoms with E-state index < -0.39 is 0 Å². The first-order valence-corrected chi connectivity index (χ1v) is 11.4. The van der Waals surface area contributed by atoms with E-state index in [1.165, 1.54) is 7.11 Å². The molecule has 3 aromatic rings. The van der Waals surface area contributed by atoms with Crippen LogP contribution in [0.1, 0.15) is 44.4 Å². The van der Waals surface area contributed by atoms with E-state index in [1.54, 1.807) is 48.1 Å². The Hall–Kier alpha value is -3.85. The van der Waals surface area contributed by atoms with Gasteiger partial charge in [-0.1, -0.05) is 18.2 Å². The minimum absolute atomic E-state index is 0.162. The van der Waals surface area contributed by atoms with Gasteiger partial charge in [0.05, 0.1) is 39.1 Å². The molecule has 35 heavy (non-hydrogen) atoms. The minimum Gasteiger partial charge on any atom is -0.493 e. The van der Waals surface area contributed by atoms with Crippen LogP contribution in [0.15, 0.2) is 48.7 Å². The Bertz CT molecular complexity index is 1220. The topological polar surface area (TPSA) is 94.9 Å². The van der Waals surface area contributed by atoms with Crippen molar-refractivity contribution >= 4 is 17.5 Å². The number of fused-ring (bicyclic) bond motifs is 1. The lowest BCUT2D eigenvalue weighted by molar-refractivity contribution is 0.0931. The van der Waals surface area contributed by atoms with Crippen LogP contribution in [0.5, 0.6) is 11.5 Å². The van der Waals surface area contributed by atoms with Crippen molar-refractivity contribution in [3.63, 3.8) is 0 Å². The number of hydrogen-bond acceptors (Lipinski definition) is 6. The third kappa shape index (κ3) is 5.00. The number of carbonyl (C=O) groups excluding carboxylic acids is 2. The summed E-state index contributed by atoms with van der Waals surface area (Å²) in [6.45, 7) is 3.34. The zero-order valence-corrected chi connectivity index (χ0v) is 20.4. The van der Waals surface area contributed by atoms with Crippen LogP contribution in [-0.2, 0) is 11.3 Å². The Morgan fingerprint density at radius 1 is 1.09 bits per heavy atom. The van der Waals surface area contributed by atoms with Crippen LogP contribution in [0.25, 0.3) is 0 Å². The number of hydrogen-bond donors (Lipinski definition) is 1. The van der Waals surface area contributed by atoms with Gasteiger partial charge in [0.15, 0.2) is 11.5 Å². The number of carbonyl (C=O) groups is 2. The maximum absolute atomic E-state index is 13.5. The van der Waals surface area contributed by atoms with Crippen LogP contribution < -0.4 is 19.7 Å². The lowest BCUT2D eigenvalue weighted by Gasteiger charge is -2.31. The zero-order valence-electron chi connectivity index (χ0n) is 20.4. The molecule has 1 aliphatic rings. The van der Waals surface area contributed by atoms with Gasteiger partial charge in [0, 0.05) is 31.0 Å². The van der Waals surface area contributed by atoms with Crippen LogP contribution in [-0.4, -0.2) is 56.1 Å². The van der Waals surface area contributed by atoms with Crippen molar-refractivity contribution in [1.29, 1.82) is 0 Å². The van der Waals surface area contributed by atoms with Crippen LogP contribution in [0.2, 0.25) is 0 Å². The summed E-state index contributed by atoms with van der Waals surface area (Å²) in [4.78, 5) is 28.2. The molecule has 1 unspecified atom stereocenters. The third-order valence-electron chi connectivity index (χ3n) is 6.13. The average Bonchev–Trinajstić information content (AvgIpc) is 3.31. The standard InChI is InChI=1S/C26H30N4O5/c1-17-7-5-6-8-19(17)25(31)27-20-11-12-30(21-16-29(13-14-33-2)28-24(20)21)26(32)18-9-10-22(34-3)23(15-18)35-4/h5-10,15-16,20H,11-14H2,1-4H3,(H,27,31). The monoisotopic (exact) mass is 478 g/mol. The molecule has 0 saturated heterocycles. The number of methoxy groups -OCH3 is 3. The molecule has 1 aromatic heterocycles. The fourth-order valence-corrected chi connectivity index (χ4v) is 4.24. The Morgan fingerprint density at radius 3 is 2.57 bits per heavy atom. The van der Waals surface area contributed by atoms with Gasteiger partial charge in [-0.15, -0.1) is 0 Å². The van der Waals surface area contributed by atoms with Gasteiger partial charge < -0.3 is 24.4 Å². The van der Waals surface area contributed by atoms with E-state index in [1.807, 2.05) is 31.3 Å². The van der Waals surface area contributed by atoms with Gasteiger partial charge >= 0.3 is 0 Å². The number of aromatic nitrogens is 2. The number of rotatable bonds is 8. The Balaban J connectivity index is 1.64. The van der Waals surface area contributed by atoms with Gasteiger partial charge in [-0.2, -0.15) is 5.10 Å². The molecule has 2 amide bonds. The molecular formula is C26H30N4O5. The number of benzene rings is 2. The second kappa shape index (κ2) is 10.6. The fraction of sp³-hybridized carbons (Fsp3) is 0.346. The molecule has 1 atom stereocenters. The smallest absolute Gasteiger partial charge is 0.258 e. The molecule has 0 bridgehead atoms. The summed E-state index contributed by atoms with van der Waals surface area (Å²) in [6.07, 6.45) is 2.37. The van der Waals surface area contributed by atoms with Gasteiger partial charge in [0.25, 0.3) is 11.8 Å². The van der Waals surface area contributed by atoms with E-state index >= 15 is 0 Å². The molecular weight excluding hydrogens is 448 g/mol. The van der Waals surface area contributed by atoms with Crippen LogP contribution in [0.3, 0.4) is 0 Å². The molecule has 1 N–H and O–H groups in total. The largest absolute Gasteiger partial charge is 0.493 e. The van der Waals surface area contributed by atoms with E-state index in [9.17, 15) is 9.59 Å². The molecule has 0 radical (unpaired) electrons. The van der Waals surface area contributed by atoms with Gasteiger partial charge in [0.2, 0.25) is 0 Å². The van der Waals surface area contributed by atoms with Crippen molar-refractivity contribution < 1.29 is 23.8 Å². The van der Waals surface area contributed by atoms with Crippen LogP contribution >= 0.6 is 0 Å². The lowest BCUT2D eigenvalue weighted by atomic mass is 10.0. The quantitative estimate of drug-likeness (QED) is 0.533. The van der Waals surface area contributed by atoms with Gasteiger partial charge in [-0.25, -0.2) is 0 Å². The Kier molecular flexibility index (Phi) is 7.36. The first kappa shape index (κ1) is 24.3. The van der Waals surface area contributed by atoms with Crippen molar-refractivity contribution in [3.05, 3.63) is 71.0 Å². The third-order valence-corrected chi connectivity index (χ3v) is 6.13. The normalized spacial score (nSPS) is 14.9. The summed E-state index contributed by atoms with van der Waals surface area (Å²) in [5.41, 5.74) is 3.32. The van der Waals surface area contributed by atoms with Crippen molar-refractivity contribution in [1.82, 2.24) is 15.1 Å². The maximum atomic E-state index is 13.5. The highest BCUT2D eigenvalue weighted by molar-refractivity contribution is 6.07. The predicted molar refractivity (Wildman–Crippen MR) is 131 cm³/mol. The molecule has 0 aliphatic carbocycles. The first-order valence-electron chi connectivity index (χ1n) is 11.4. The van der Waals surface area contributed by atoms with Crippen molar-refractivity contribution in [2.75, 3.05) is 39.4 Å². The number of ether oxygens (including phenoxy) is 3. The highest BCUT2D eigenvalue weighted by atomic mass is 16.5. The zero-order chi connectivity index (χ0) is 24.9. The molecule has 0 saturated carbocycles. The van der Waals surface area contributed by atoms with E-state index in [-0.39, 0.29) is 17.9 Å². The molecule has 1 aliphatic heterocycles.